The standard InChI is InChI=1S/C21H18O3/c1-24-19(23)12-11-18(22)21-15-7-3-2-6-14(15)16-10-9-13-5-4-8-17(21)20(13)16/h2-8H,9-12H2,1H3. The van der Waals surface area contributed by atoms with Crippen molar-refractivity contribution >= 4 is 33.3 Å². The van der Waals surface area contributed by atoms with Crippen molar-refractivity contribution in [1.29, 1.82) is 0 Å². The van der Waals surface area contributed by atoms with Gasteiger partial charge in [0.25, 0.3) is 0 Å². The van der Waals surface area contributed by atoms with E-state index in [2.05, 4.69) is 16.9 Å². The van der Waals surface area contributed by atoms with Crippen molar-refractivity contribution in [1.82, 2.24) is 0 Å². The number of Topliss-reactive ketones (excluding diaryl/α,β-unsaturated/α-hetero) is 1. The molecule has 0 aliphatic heterocycles. The Morgan fingerprint density at radius 1 is 0.917 bits per heavy atom. The van der Waals surface area contributed by atoms with Crippen LogP contribution in [0.4, 0.5) is 0 Å². The lowest BCUT2D eigenvalue weighted by atomic mass is 9.89. The smallest absolute Gasteiger partial charge is 0.305 e. The van der Waals surface area contributed by atoms with E-state index in [-0.39, 0.29) is 24.6 Å². The summed E-state index contributed by atoms with van der Waals surface area (Å²) in [6.45, 7) is 0. The number of aryl methyl sites for hydroxylation is 2. The highest BCUT2D eigenvalue weighted by Crippen LogP contribution is 2.39. The third kappa shape index (κ3) is 2.20. The zero-order valence-electron chi connectivity index (χ0n) is 13.6. The number of hydrogen-bond acceptors (Lipinski definition) is 3. The van der Waals surface area contributed by atoms with Gasteiger partial charge in [-0.25, -0.2) is 0 Å². The number of ether oxygens (including phenoxy) is 1. The fourth-order valence-electron chi connectivity index (χ4n) is 3.88. The zero-order valence-corrected chi connectivity index (χ0v) is 13.6. The molecule has 0 saturated carbocycles. The Kier molecular flexibility index (Phi) is 3.57. The molecule has 0 unspecified atom stereocenters. The number of methoxy groups -OCH3 is 1. The van der Waals surface area contributed by atoms with Crippen molar-refractivity contribution in [3.8, 4) is 0 Å². The lowest BCUT2D eigenvalue weighted by molar-refractivity contribution is -0.140. The van der Waals surface area contributed by atoms with Gasteiger partial charge in [0.1, 0.15) is 0 Å². The molecule has 3 heteroatoms. The summed E-state index contributed by atoms with van der Waals surface area (Å²) in [5, 5.41) is 4.41. The molecular weight excluding hydrogens is 300 g/mol. The summed E-state index contributed by atoms with van der Waals surface area (Å²) in [7, 11) is 1.35. The van der Waals surface area contributed by atoms with Crippen molar-refractivity contribution in [2.24, 2.45) is 0 Å². The maximum atomic E-state index is 12.9. The van der Waals surface area contributed by atoms with Crippen LogP contribution in [0.3, 0.4) is 0 Å². The molecule has 0 aromatic heterocycles. The first-order valence-electron chi connectivity index (χ1n) is 8.26. The molecule has 3 nitrogen and oxygen atoms in total. The van der Waals surface area contributed by atoms with Gasteiger partial charge in [-0.3, -0.25) is 9.59 Å². The minimum Gasteiger partial charge on any atom is -0.469 e. The summed E-state index contributed by atoms with van der Waals surface area (Å²) in [6.07, 6.45) is 2.34. The Balaban J connectivity index is 1.96. The molecule has 1 aliphatic rings. The van der Waals surface area contributed by atoms with E-state index in [9.17, 15) is 9.59 Å². The fraction of sp³-hybridized carbons (Fsp3) is 0.238. The summed E-state index contributed by atoms with van der Waals surface area (Å²) in [6, 6.07) is 14.3. The van der Waals surface area contributed by atoms with E-state index >= 15 is 0 Å². The van der Waals surface area contributed by atoms with E-state index in [0.29, 0.717) is 0 Å². The number of esters is 1. The van der Waals surface area contributed by atoms with Gasteiger partial charge >= 0.3 is 5.97 Å². The number of rotatable bonds is 4. The van der Waals surface area contributed by atoms with E-state index < -0.39 is 0 Å². The SMILES string of the molecule is COC(=O)CCC(=O)c1c2ccccc2c2c3c(cccc13)CC2. The average molecular weight is 318 g/mol. The van der Waals surface area contributed by atoms with Crippen molar-refractivity contribution < 1.29 is 14.3 Å². The minimum atomic E-state index is -0.349. The van der Waals surface area contributed by atoms with Crippen LogP contribution in [-0.2, 0) is 22.4 Å². The van der Waals surface area contributed by atoms with Crippen LogP contribution in [0.25, 0.3) is 21.5 Å². The van der Waals surface area contributed by atoms with E-state index in [1.165, 1.54) is 23.6 Å². The van der Waals surface area contributed by atoms with Gasteiger partial charge in [0.05, 0.1) is 13.5 Å². The highest BCUT2D eigenvalue weighted by molar-refractivity contribution is 6.21. The molecule has 0 bridgehead atoms. The third-order valence-electron chi connectivity index (χ3n) is 4.95. The molecule has 120 valence electrons. The van der Waals surface area contributed by atoms with E-state index in [1.807, 2.05) is 30.3 Å². The summed E-state index contributed by atoms with van der Waals surface area (Å²) in [4.78, 5) is 24.3. The van der Waals surface area contributed by atoms with E-state index in [4.69, 9.17) is 0 Å². The van der Waals surface area contributed by atoms with Gasteiger partial charge in [-0.15, -0.1) is 0 Å². The second-order valence-electron chi connectivity index (χ2n) is 6.24. The Hall–Kier alpha value is -2.68. The molecule has 3 aromatic rings. The molecule has 4 rings (SSSR count). The van der Waals surface area contributed by atoms with Gasteiger partial charge in [0, 0.05) is 12.0 Å². The number of ketones is 1. The molecule has 0 atom stereocenters. The van der Waals surface area contributed by atoms with Crippen LogP contribution in [0.5, 0.6) is 0 Å². The molecule has 0 spiro atoms. The maximum absolute atomic E-state index is 12.9. The molecule has 24 heavy (non-hydrogen) atoms. The fourth-order valence-corrected chi connectivity index (χ4v) is 3.88. The summed E-state index contributed by atoms with van der Waals surface area (Å²) >= 11 is 0. The lowest BCUT2D eigenvalue weighted by Crippen LogP contribution is -2.07. The number of fused-ring (bicyclic) bond motifs is 2. The normalized spacial score (nSPS) is 12.7. The molecule has 3 aromatic carbocycles. The van der Waals surface area contributed by atoms with Crippen LogP contribution in [0.1, 0.15) is 34.3 Å². The third-order valence-corrected chi connectivity index (χ3v) is 4.95. The van der Waals surface area contributed by atoms with Crippen LogP contribution in [0.2, 0.25) is 0 Å². The molecular formula is C21H18O3. The first-order valence-corrected chi connectivity index (χ1v) is 8.26. The molecule has 1 aliphatic carbocycles. The van der Waals surface area contributed by atoms with Crippen LogP contribution in [0.15, 0.2) is 42.5 Å². The predicted molar refractivity (Wildman–Crippen MR) is 94.4 cm³/mol. The van der Waals surface area contributed by atoms with Crippen molar-refractivity contribution in [3.05, 3.63) is 59.2 Å². The van der Waals surface area contributed by atoms with Crippen LogP contribution < -0.4 is 0 Å². The van der Waals surface area contributed by atoms with Crippen LogP contribution >= 0.6 is 0 Å². The first-order chi connectivity index (χ1) is 11.7. The number of hydrogen-bond donors (Lipinski definition) is 0. The summed E-state index contributed by atoms with van der Waals surface area (Å²) in [5.41, 5.74) is 3.41. The number of carbonyl (C=O) groups is 2. The summed E-state index contributed by atoms with van der Waals surface area (Å²) < 4.78 is 4.67. The topological polar surface area (TPSA) is 43.4 Å². The predicted octanol–water partition coefficient (Wildman–Crippen LogP) is 4.23. The molecule has 0 radical (unpaired) electrons. The monoisotopic (exact) mass is 318 g/mol. The zero-order chi connectivity index (χ0) is 16.7. The highest BCUT2D eigenvalue weighted by Gasteiger charge is 2.23. The molecule has 0 amide bonds. The van der Waals surface area contributed by atoms with Crippen molar-refractivity contribution in [2.45, 2.75) is 25.7 Å². The van der Waals surface area contributed by atoms with E-state index in [1.54, 1.807) is 0 Å². The van der Waals surface area contributed by atoms with Gasteiger partial charge in [0.15, 0.2) is 5.78 Å². The Morgan fingerprint density at radius 2 is 1.67 bits per heavy atom. The molecule has 0 heterocycles. The minimum absolute atomic E-state index is 0.00667. The largest absolute Gasteiger partial charge is 0.469 e. The number of carbonyl (C=O) groups excluding carboxylic acids is 2. The van der Waals surface area contributed by atoms with Gasteiger partial charge in [-0.2, -0.15) is 0 Å². The van der Waals surface area contributed by atoms with Crippen molar-refractivity contribution in [3.63, 3.8) is 0 Å². The Labute approximate surface area is 140 Å². The van der Waals surface area contributed by atoms with Crippen LogP contribution in [-0.4, -0.2) is 18.9 Å². The second kappa shape index (κ2) is 5.75. The Bertz CT molecular complexity index is 985. The molecule has 0 saturated heterocycles. The van der Waals surface area contributed by atoms with Gasteiger partial charge in [-0.05, 0) is 45.5 Å². The van der Waals surface area contributed by atoms with Gasteiger partial charge < -0.3 is 4.74 Å². The second-order valence-corrected chi connectivity index (χ2v) is 6.24. The van der Waals surface area contributed by atoms with Crippen molar-refractivity contribution in [2.75, 3.05) is 7.11 Å². The quantitative estimate of drug-likeness (QED) is 0.411. The van der Waals surface area contributed by atoms with Gasteiger partial charge in [0.2, 0.25) is 0 Å². The number of benzene rings is 3. The van der Waals surface area contributed by atoms with Gasteiger partial charge in [-0.1, -0.05) is 42.5 Å². The lowest BCUT2D eigenvalue weighted by Gasteiger charge is -2.13. The highest BCUT2D eigenvalue weighted by atomic mass is 16.5. The van der Waals surface area contributed by atoms with E-state index in [0.717, 1.165) is 34.6 Å². The molecule has 0 N–H and O–H groups in total. The first kappa shape index (κ1) is 14.9. The molecule has 0 fully saturated rings. The van der Waals surface area contributed by atoms with Crippen LogP contribution in [0, 0.1) is 0 Å². The average Bonchev–Trinajstić information content (AvgIpc) is 3.05. The summed E-state index contributed by atoms with van der Waals surface area (Å²) in [5.74, 6) is -0.342. The maximum Gasteiger partial charge on any atom is 0.305 e. The Morgan fingerprint density at radius 3 is 2.46 bits per heavy atom.